The number of aliphatic imine (C=N–C) groups is 1. The zero-order valence-corrected chi connectivity index (χ0v) is 11.8. The van der Waals surface area contributed by atoms with Crippen molar-refractivity contribution < 1.29 is 0 Å². The summed E-state index contributed by atoms with van der Waals surface area (Å²) in [5, 5.41) is 0. The van der Waals surface area contributed by atoms with Crippen molar-refractivity contribution in [1.29, 1.82) is 0 Å². The Kier molecular flexibility index (Phi) is 3.33. The lowest BCUT2D eigenvalue weighted by Crippen LogP contribution is -2.48. The lowest BCUT2D eigenvalue weighted by atomic mass is 9.87. The summed E-state index contributed by atoms with van der Waals surface area (Å²) in [7, 11) is 0. The normalized spacial score (nSPS) is 23.3. The highest BCUT2D eigenvalue weighted by Gasteiger charge is 2.39. The standard InChI is InChI=1S/C15H23N3/c1-5-8-18-14(16)17-10-15(18,4)13-7-6-11(2)9-12(13)3/h6-7,9H,5,8,10H2,1-4H3,(H2,16,17). The van der Waals surface area contributed by atoms with Crippen LogP contribution in [-0.2, 0) is 5.54 Å². The Morgan fingerprint density at radius 1 is 1.39 bits per heavy atom. The van der Waals surface area contributed by atoms with Crippen LogP contribution < -0.4 is 5.73 Å². The largest absolute Gasteiger partial charge is 0.370 e. The first-order chi connectivity index (χ1) is 8.49. The summed E-state index contributed by atoms with van der Waals surface area (Å²) in [6.07, 6.45) is 1.08. The molecule has 0 bridgehead atoms. The van der Waals surface area contributed by atoms with Gasteiger partial charge in [-0.25, -0.2) is 0 Å². The molecule has 98 valence electrons. The Balaban J connectivity index is 2.42. The minimum atomic E-state index is -0.0854. The molecule has 1 unspecified atom stereocenters. The zero-order valence-electron chi connectivity index (χ0n) is 11.8. The number of nitrogens with zero attached hydrogens (tertiary/aromatic N) is 2. The molecular formula is C15H23N3. The fraction of sp³-hybridized carbons (Fsp3) is 0.533. The first-order valence-electron chi connectivity index (χ1n) is 6.64. The predicted molar refractivity (Wildman–Crippen MR) is 76.8 cm³/mol. The molecule has 0 saturated heterocycles. The first-order valence-corrected chi connectivity index (χ1v) is 6.64. The molecule has 0 aromatic heterocycles. The molecule has 0 aliphatic carbocycles. The number of rotatable bonds is 3. The van der Waals surface area contributed by atoms with Crippen molar-refractivity contribution in [3.05, 3.63) is 34.9 Å². The van der Waals surface area contributed by atoms with Gasteiger partial charge in [0.25, 0.3) is 0 Å². The van der Waals surface area contributed by atoms with Crippen LogP contribution in [0.4, 0.5) is 0 Å². The third kappa shape index (κ3) is 1.98. The van der Waals surface area contributed by atoms with E-state index in [4.69, 9.17) is 5.73 Å². The van der Waals surface area contributed by atoms with Gasteiger partial charge in [-0.15, -0.1) is 0 Å². The summed E-state index contributed by atoms with van der Waals surface area (Å²) in [5.41, 5.74) is 9.91. The molecule has 0 fully saturated rings. The maximum absolute atomic E-state index is 6.03. The van der Waals surface area contributed by atoms with Crippen LogP contribution in [0.15, 0.2) is 23.2 Å². The van der Waals surface area contributed by atoms with Crippen molar-refractivity contribution in [1.82, 2.24) is 4.90 Å². The minimum absolute atomic E-state index is 0.0854. The van der Waals surface area contributed by atoms with Gasteiger partial charge in [-0.05, 0) is 38.3 Å². The molecular weight excluding hydrogens is 222 g/mol. The summed E-state index contributed by atoms with van der Waals surface area (Å²) in [6, 6.07) is 6.63. The molecule has 0 radical (unpaired) electrons. The Morgan fingerprint density at radius 3 is 2.72 bits per heavy atom. The van der Waals surface area contributed by atoms with Crippen LogP contribution in [0, 0.1) is 13.8 Å². The molecule has 1 aromatic rings. The second-order valence-corrected chi connectivity index (χ2v) is 5.42. The van der Waals surface area contributed by atoms with E-state index in [-0.39, 0.29) is 5.54 Å². The average molecular weight is 245 g/mol. The Labute approximate surface area is 110 Å². The molecule has 0 spiro atoms. The van der Waals surface area contributed by atoms with Crippen LogP contribution in [0.3, 0.4) is 0 Å². The highest BCUT2D eigenvalue weighted by molar-refractivity contribution is 5.81. The van der Waals surface area contributed by atoms with Gasteiger partial charge in [0.1, 0.15) is 0 Å². The summed E-state index contributed by atoms with van der Waals surface area (Å²) >= 11 is 0. The highest BCUT2D eigenvalue weighted by Crippen LogP contribution is 2.34. The van der Waals surface area contributed by atoms with Crippen LogP contribution in [0.1, 0.15) is 37.0 Å². The van der Waals surface area contributed by atoms with E-state index < -0.39 is 0 Å². The molecule has 3 heteroatoms. The third-order valence-corrected chi connectivity index (χ3v) is 3.83. The van der Waals surface area contributed by atoms with Gasteiger partial charge in [-0.1, -0.05) is 30.7 Å². The molecule has 1 aliphatic rings. The predicted octanol–water partition coefficient (Wildman–Crippen LogP) is 2.56. The van der Waals surface area contributed by atoms with Crippen molar-refractivity contribution in [3.8, 4) is 0 Å². The summed E-state index contributed by atoms with van der Waals surface area (Å²) < 4.78 is 0. The van der Waals surface area contributed by atoms with Gasteiger partial charge in [-0.2, -0.15) is 0 Å². The van der Waals surface area contributed by atoms with E-state index in [1.807, 2.05) is 0 Å². The van der Waals surface area contributed by atoms with E-state index in [1.165, 1.54) is 16.7 Å². The fourth-order valence-electron chi connectivity index (χ4n) is 2.89. The minimum Gasteiger partial charge on any atom is -0.370 e. The number of nitrogens with two attached hydrogens (primary N) is 1. The van der Waals surface area contributed by atoms with Crippen molar-refractivity contribution >= 4 is 5.96 Å². The number of aryl methyl sites for hydroxylation is 2. The molecule has 0 amide bonds. The van der Waals surface area contributed by atoms with Crippen molar-refractivity contribution in [3.63, 3.8) is 0 Å². The van der Waals surface area contributed by atoms with E-state index in [1.54, 1.807) is 0 Å². The number of benzene rings is 1. The molecule has 1 aromatic carbocycles. The van der Waals surface area contributed by atoms with Crippen LogP contribution in [0.2, 0.25) is 0 Å². The molecule has 2 rings (SSSR count). The van der Waals surface area contributed by atoms with Crippen molar-refractivity contribution in [2.45, 2.75) is 39.7 Å². The smallest absolute Gasteiger partial charge is 0.192 e. The highest BCUT2D eigenvalue weighted by atomic mass is 15.3. The van der Waals surface area contributed by atoms with Gasteiger partial charge in [0.05, 0.1) is 12.1 Å². The number of guanidine groups is 1. The SMILES string of the molecule is CCCN1C(N)=NCC1(C)c1ccc(C)cc1C. The zero-order chi connectivity index (χ0) is 13.3. The Hall–Kier alpha value is -1.51. The van der Waals surface area contributed by atoms with Crippen molar-refractivity contribution in [2.75, 3.05) is 13.1 Å². The maximum Gasteiger partial charge on any atom is 0.192 e. The molecule has 1 atom stereocenters. The monoisotopic (exact) mass is 245 g/mol. The van der Waals surface area contributed by atoms with Gasteiger partial charge in [0, 0.05) is 6.54 Å². The Bertz CT molecular complexity index is 479. The number of hydrogen-bond acceptors (Lipinski definition) is 3. The molecule has 0 saturated carbocycles. The van der Waals surface area contributed by atoms with E-state index in [2.05, 4.69) is 55.8 Å². The van der Waals surface area contributed by atoms with Gasteiger partial charge < -0.3 is 10.6 Å². The quantitative estimate of drug-likeness (QED) is 0.889. The second kappa shape index (κ2) is 4.63. The second-order valence-electron chi connectivity index (χ2n) is 5.42. The lowest BCUT2D eigenvalue weighted by Gasteiger charge is -2.37. The average Bonchev–Trinajstić information content (AvgIpc) is 2.58. The molecule has 2 N–H and O–H groups in total. The molecule has 1 heterocycles. The third-order valence-electron chi connectivity index (χ3n) is 3.83. The number of hydrogen-bond donors (Lipinski definition) is 1. The van der Waals surface area contributed by atoms with Crippen LogP contribution in [0.5, 0.6) is 0 Å². The molecule has 3 nitrogen and oxygen atoms in total. The maximum atomic E-state index is 6.03. The van der Waals surface area contributed by atoms with Crippen LogP contribution in [-0.4, -0.2) is 23.9 Å². The summed E-state index contributed by atoms with van der Waals surface area (Å²) in [6.45, 7) is 10.4. The molecule has 1 aliphatic heterocycles. The van der Waals surface area contributed by atoms with E-state index in [9.17, 15) is 0 Å². The topological polar surface area (TPSA) is 41.6 Å². The summed E-state index contributed by atoms with van der Waals surface area (Å²) in [4.78, 5) is 6.69. The van der Waals surface area contributed by atoms with Gasteiger partial charge in [0.2, 0.25) is 0 Å². The van der Waals surface area contributed by atoms with Gasteiger partial charge >= 0.3 is 0 Å². The van der Waals surface area contributed by atoms with E-state index in [0.29, 0.717) is 5.96 Å². The summed E-state index contributed by atoms with van der Waals surface area (Å²) in [5.74, 6) is 0.680. The van der Waals surface area contributed by atoms with Gasteiger partial charge in [0.15, 0.2) is 5.96 Å². The van der Waals surface area contributed by atoms with Crippen molar-refractivity contribution in [2.24, 2.45) is 10.7 Å². The molecule has 18 heavy (non-hydrogen) atoms. The van der Waals surface area contributed by atoms with Crippen LogP contribution in [0.25, 0.3) is 0 Å². The Morgan fingerprint density at radius 2 is 2.11 bits per heavy atom. The first kappa shape index (κ1) is 12.9. The van der Waals surface area contributed by atoms with Gasteiger partial charge in [-0.3, -0.25) is 4.99 Å². The lowest BCUT2D eigenvalue weighted by molar-refractivity contribution is 0.224. The van der Waals surface area contributed by atoms with E-state index >= 15 is 0 Å². The van der Waals surface area contributed by atoms with Crippen LogP contribution >= 0.6 is 0 Å². The fourth-order valence-corrected chi connectivity index (χ4v) is 2.89. The van der Waals surface area contributed by atoms with E-state index in [0.717, 1.165) is 19.5 Å².